The number of hydrogen-bond donors (Lipinski definition) is 2. The molecule has 2 rings (SSSR count). The number of carboxylic acid groups (broad SMARTS) is 1. The van der Waals surface area contributed by atoms with E-state index in [1.54, 1.807) is 12.1 Å². The zero-order chi connectivity index (χ0) is 15.8. The van der Waals surface area contributed by atoms with Crippen molar-refractivity contribution in [1.29, 1.82) is 0 Å². The van der Waals surface area contributed by atoms with Gasteiger partial charge >= 0.3 is 5.97 Å². The monoisotopic (exact) mass is 291 g/mol. The maximum atomic E-state index is 12.4. The van der Waals surface area contributed by atoms with Gasteiger partial charge in [0.05, 0.1) is 6.10 Å². The number of amides is 1. The fourth-order valence-electron chi connectivity index (χ4n) is 2.55. The van der Waals surface area contributed by atoms with Crippen LogP contribution < -0.4 is 0 Å². The van der Waals surface area contributed by atoms with Crippen LogP contribution in [0.1, 0.15) is 43.1 Å². The van der Waals surface area contributed by atoms with Gasteiger partial charge < -0.3 is 15.1 Å². The zero-order valence-electron chi connectivity index (χ0n) is 12.5. The number of aliphatic carboxylic acids is 1. The smallest absolute Gasteiger partial charge is 0.326 e. The van der Waals surface area contributed by atoms with Crippen LogP contribution in [0.5, 0.6) is 0 Å². The molecule has 1 aliphatic heterocycles. The van der Waals surface area contributed by atoms with E-state index < -0.39 is 18.1 Å². The number of hydrogen-bond acceptors (Lipinski definition) is 3. The molecular formula is C16H21NO4. The van der Waals surface area contributed by atoms with Crippen molar-refractivity contribution in [3.05, 3.63) is 35.4 Å². The van der Waals surface area contributed by atoms with Gasteiger partial charge in [-0.15, -0.1) is 0 Å². The molecule has 1 fully saturated rings. The van der Waals surface area contributed by atoms with Crippen LogP contribution in [0.15, 0.2) is 24.3 Å². The summed E-state index contributed by atoms with van der Waals surface area (Å²) >= 11 is 0. The first-order valence-electron chi connectivity index (χ1n) is 7.02. The Balaban J connectivity index is 2.22. The number of aliphatic hydroxyl groups is 1. The molecule has 114 valence electrons. The van der Waals surface area contributed by atoms with Crippen molar-refractivity contribution in [2.75, 3.05) is 6.54 Å². The average molecular weight is 291 g/mol. The van der Waals surface area contributed by atoms with Crippen molar-refractivity contribution in [3.8, 4) is 0 Å². The molecule has 2 atom stereocenters. The molecule has 1 unspecified atom stereocenters. The van der Waals surface area contributed by atoms with Gasteiger partial charge in [-0.3, -0.25) is 4.79 Å². The van der Waals surface area contributed by atoms with Gasteiger partial charge in [0.2, 0.25) is 0 Å². The van der Waals surface area contributed by atoms with E-state index in [-0.39, 0.29) is 24.3 Å². The molecule has 1 aromatic rings. The Morgan fingerprint density at radius 1 is 1.19 bits per heavy atom. The summed E-state index contributed by atoms with van der Waals surface area (Å²) in [6.45, 7) is 6.32. The summed E-state index contributed by atoms with van der Waals surface area (Å²) in [6, 6.07) is 6.25. The maximum Gasteiger partial charge on any atom is 0.326 e. The fraction of sp³-hybridized carbons (Fsp3) is 0.500. The number of aliphatic hydroxyl groups excluding tert-OH is 1. The van der Waals surface area contributed by atoms with Gasteiger partial charge in [-0.2, -0.15) is 0 Å². The van der Waals surface area contributed by atoms with Crippen LogP contribution in [-0.4, -0.2) is 45.7 Å². The molecule has 1 amide bonds. The largest absolute Gasteiger partial charge is 0.480 e. The highest BCUT2D eigenvalue weighted by Gasteiger charge is 2.39. The Hall–Kier alpha value is -1.88. The zero-order valence-corrected chi connectivity index (χ0v) is 12.5. The molecule has 0 bridgehead atoms. The van der Waals surface area contributed by atoms with Gasteiger partial charge in [0.25, 0.3) is 5.91 Å². The standard InChI is InChI=1S/C16H21NO4/c1-16(2,3)11-6-4-10(5-7-11)14(19)17-9-12(18)8-13(17)15(20)21/h4-7,12-13,18H,8-9H2,1-3H3,(H,20,21)/t12?,13-/m0/s1. The summed E-state index contributed by atoms with van der Waals surface area (Å²) in [7, 11) is 0. The number of carboxylic acids is 1. The third-order valence-corrected chi connectivity index (χ3v) is 3.82. The van der Waals surface area contributed by atoms with Crippen LogP contribution in [0.2, 0.25) is 0 Å². The lowest BCUT2D eigenvalue weighted by Gasteiger charge is -2.22. The van der Waals surface area contributed by atoms with Crippen molar-refractivity contribution in [1.82, 2.24) is 4.90 Å². The molecule has 1 heterocycles. The van der Waals surface area contributed by atoms with Gasteiger partial charge in [0, 0.05) is 18.5 Å². The number of carbonyl (C=O) groups excluding carboxylic acids is 1. The van der Waals surface area contributed by atoms with Gasteiger partial charge in [-0.25, -0.2) is 4.79 Å². The van der Waals surface area contributed by atoms with Crippen LogP contribution in [0.3, 0.4) is 0 Å². The lowest BCUT2D eigenvalue weighted by Crippen LogP contribution is -2.40. The molecule has 0 saturated carbocycles. The molecule has 1 aromatic carbocycles. The van der Waals surface area contributed by atoms with E-state index in [1.165, 1.54) is 4.90 Å². The minimum Gasteiger partial charge on any atom is -0.480 e. The van der Waals surface area contributed by atoms with E-state index in [0.29, 0.717) is 5.56 Å². The molecule has 0 aromatic heterocycles. The van der Waals surface area contributed by atoms with Crippen molar-refractivity contribution < 1.29 is 19.8 Å². The molecule has 5 nitrogen and oxygen atoms in total. The number of β-amino-alcohol motifs (C(OH)–C–C–N with tert-alkyl or cyclic N) is 1. The number of carbonyl (C=O) groups is 2. The summed E-state index contributed by atoms with van der Waals surface area (Å²) in [6.07, 6.45) is -0.690. The summed E-state index contributed by atoms with van der Waals surface area (Å²) < 4.78 is 0. The Bertz CT molecular complexity index is 544. The summed E-state index contributed by atoms with van der Waals surface area (Å²) in [5.41, 5.74) is 1.55. The van der Waals surface area contributed by atoms with E-state index in [9.17, 15) is 14.7 Å². The second-order valence-corrected chi connectivity index (χ2v) is 6.53. The summed E-state index contributed by atoms with van der Waals surface area (Å²) in [5.74, 6) is -1.43. The predicted molar refractivity (Wildman–Crippen MR) is 78.2 cm³/mol. The molecule has 1 aliphatic rings. The Labute approximate surface area is 124 Å². The topological polar surface area (TPSA) is 77.8 Å². The van der Waals surface area contributed by atoms with Crippen LogP contribution in [0, 0.1) is 0 Å². The van der Waals surface area contributed by atoms with E-state index >= 15 is 0 Å². The van der Waals surface area contributed by atoms with Gasteiger partial charge in [-0.05, 0) is 23.1 Å². The third kappa shape index (κ3) is 3.24. The SMILES string of the molecule is CC(C)(C)c1ccc(C(=O)N2CC(O)C[C@H]2C(=O)O)cc1. The molecule has 0 radical (unpaired) electrons. The Morgan fingerprint density at radius 3 is 2.24 bits per heavy atom. The van der Waals surface area contributed by atoms with E-state index in [2.05, 4.69) is 20.8 Å². The lowest BCUT2D eigenvalue weighted by atomic mass is 9.86. The Morgan fingerprint density at radius 2 is 1.76 bits per heavy atom. The number of rotatable bonds is 2. The number of benzene rings is 1. The minimum atomic E-state index is -1.08. The molecule has 5 heteroatoms. The fourth-order valence-corrected chi connectivity index (χ4v) is 2.55. The molecule has 0 aliphatic carbocycles. The van der Waals surface area contributed by atoms with Gasteiger partial charge in [0.1, 0.15) is 6.04 Å². The number of likely N-dealkylation sites (tertiary alicyclic amines) is 1. The summed E-state index contributed by atoms with van der Waals surface area (Å²) in [4.78, 5) is 24.8. The maximum absolute atomic E-state index is 12.4. The third-order valence-electron chi connectivity index (χ3n) is 3.82. The predicted octanol–water partition coefficient (Wildman–Crippen LogP) is 1.64. The van der Waals surface area contributed by atoms with Crippen molar-refractivity contribution in [2.24, 2.45) is 0 Å². The van der Waals surface area contributed by atoms with Crippen LogP contribution in [0.25, 0.3) is 0 Å². The first-order chi connectivity index (χ1) is 9.70. The van der Waals surface area contributed by atoms with Crippen molar-refractivity contribution in [2.45, 2.75) is 44.8 Å². The van der Waals surface area contributed by atoms with Crippen molar-refractivity contribution in [3.63, 3.8) is 0 Å². The van der Waals surface area contributed by atoms with Crippen LogP contribution >= 0.6 is 0 Å². The molecule has 1 saturated heterocycles. The molecule has 21 heavy (non-hydrogen) atoms. The van der Waals surface area contributed by atoms with Gasteiger partial charge in [0.15, 0.2) is 0 Å². The second-order valence-electron chi connectivity index (χ2n) is 6.53. The highest BCUT2D eigenvalue weighted by molar-refractivity contribution is 5.97. The minimum absolute atomic E-state index is 0.00494. The molecule has 2 N–H and O–H groups in total. The highest BCUT2D eigenvalue weighted by atomic mass is 16.4. The first kappa shape index (κ1) is 15.5. The number of nitrogens with zero attached hydrogens (tertiary/aromatic N) is 1. The first-order valence-corrected chi connectivity index (χ1v) is 7.02. The van der Waals surface area contributed by atoms with Gasteiger partial charge in [-0.1, -0.05) is 32.9 Å². The quantitative estimate of drug-likeness (QED) is 0.868. The average Bonchev–Trinajstić information content (AvgIpc) is 2.79. The van der Waals surface area contributed by atoms with E-state index in [0.717, 1.165) is 5.56 Å². The second kappa shape index (κ2) is 5.48. The van der Waals surface area contributed by atoms with Crippen molar-refractivity contribution >= 4 is 11.9 Å². The van der Waals surface area contributed by atoms with E-state index in [1.807, 2.05) is 12.1 Å². The summed E-state index contributed by atoms with van der Waals surface area (Å²) in [5, 5.41) is 18.8. The normalized spacial score (nSPS) is 22.4. The van der Waals surface area contributed by atoms with Crippen LogP contribution in [0.4, 0.5) is 0 Å². The Kier molecular flexibility index (Phi) is 4.05. The molecular weight excluding hydrogens is 270 g/mol. The highest BCUT2D eigenvalue weighted by Crippen LogP contribution is 2.24. The lowest BCUT2D eigenvalue weighted by molar-refractivity contribution is -0.141. The van der Waals surface area contributed by atoms with Crippen LogP contribution in [-0.2, 0) is 10.2 Å². The van der Waals surface area contributed by atoms with E-state index in [4.69, 9.17) is 5.11 Å². The molecule has 0 spiro atoms.